The average molecular weight is 284 g/mol. The van der Waals surface area contributed by atoms with Crippen molar-refractivity contribution in [2.45, 2.75) is 13.8 Å². The number of anilines is 2. The van der Waals surface area contributed by atoms with Gasteiger partial charge in [0.1, 0.15) is 5.75 Å². The Kier molecular flexibility index (Phi) is 4.82. The molecule has 0 fully saturated rings. The van der Waals surface area contributed by atoms with E-state index in [1.807, 2.05) is 50.2 Å². The van der Waals surface area contributed by atoms with Crippen molar-refractivity contribution in [1.82, 2.24) is 0 Å². The van der Waals surface area contributed by atoms with Crippen LogP contribution in [0.4, 0.5) is 11.4 Å². The minimum Gasteiger partial charge on any atom is -0.482 e. The van der Waals surface area contributed by atoms with Crippen LogP contribution in [0.25, 0.3) is 0 Å². The highest BCUT2D eigenvalue weighted by Crippen LogP contribution is 2.22. The summed E-state index contributed by atoms with van der Waals surface area (Å²) in [5.41, 5.74) is 8.31. The van der Waals surface area contributed by atoms with Crippen molar-refractivity contribution in [1.29, 1.82) is 0 Å². The number of amides is 1. The van der Waals surface area contributed by atoms with Gasteiger partial charge in [0.2, 0.25) is 0 Å². The summed E-state index contributed by atoms with van der Waals surface area (Å²) in [6.45, 7) is 4.50. The fraction of sp³-hybridized carbons (Fsp3) is 0.235. The number of carbonyl (C=O) groups excluding carboxylic acids is 1. The lowest BCUT2D eigenvalue weighted by atomic mass is 10.2. The number of nitrogen functional groups attached to an aromatic ring is 1. The summed E-state index contributed by atoms with van der Waals surface area (Å²) in [6.07, 6.45) is 0. The van der Waals surface area contributed by atoms with Crippen LogP contribution in [0.2, 0.25) is 0 Å². The SMILES string of the molecule is CCN(C(=O)COc1ccccc1N)c1ccccc1C. The molecule has 0 aliphatic carbocycles. The first-order valence-electron chi connectivity index (χ1n) is 6.96. The van der Waals surface area contributed by atoms with Gasteiger partial charge in [0.05, 0.1) is 5.69 Å². The Bertz CT molecular complexity index is 626. The second kappa shape index (κ2) is 6.79. The molecule has 0 spiro atoms. The van der Waals surface area contributed by atoms with Crippen molar-refractivity contribution < 1.29 is 9.53 Å². The molecule has 0 atom stereocenters. The van der Waals surface area contributed by atoms with Crippen LogP contribution in [0, 0.1) is 6.92 Å². The highest BCUT2D eigenvalue weighted by Gasteiger charge is 2.16. The minimum atomic E-state index is -0.0879. The number of para-hydroxylation sites is 3. The van der Waals surface area contributed by atoms with E-state index in [-0.39, 0.29) is 12.5 Å². The predicted molar refractivity (Wildman–Crippen MR) is 85.6 cm³/mol. The maximum Gasteiger partial charge on any atom is 0.264 e. The van der Waals surface area contributed by atoms with Crippen LogP contribution >= 0.6 is 0 Å². The van der Waals surface area contributed by atoms with Gasteiger partial charge in [-0.1, -0.05) is 30.3 Å². The highest BCUT2D eigenvalue weighted by molar-refractivity contribution is 5.95. The number of aryl methyl sites for hydroxylation is 1. The van der Waals surface area contributed by atoms with Gasteiger partial charge in [-0.05, 0) is 37.6 Å². The third kappa shape index (κ3) is 3.54. The number of likely N-dealkylation sites (N-methyl/N-ethyl adjacent to an activating group) is 1. The number of nitrogens with two attached hydrogens (primary N) is 1. The van der Waals surface area contributed by atoms with Crippen molar-refractivity contribution in [2.24, 2.45) is 0 Å². The van der Waals surface area contributed by atoms with Gasteiger partial charge in [0, 0.05) is 12.2 Å². The highest BCUT2D eigenvalue weighted by atomic mass is 16.5. The van der Waals surface area contributed by atoms with Crippen LogP contribution in [0.3, 0.4) is 0 Å². The van der Waals surface area contributed by atoms with E-state index in [4.69, 9.17) is 10.5 Å². The van der Waals surface area contributed by atoms with E-state index in [9.17, 15) is 4.79 Å². The van der Waals surface area contributed by atoms with Gasteiger partial charge in [0.15, 0.2) is 6.61 Å². The molecule has 0 aliphatic rings. The summed E-state index contributed by atoms with van der Waals surface area (Å²) in [7, 11) is 0. The molecule has 0 aromatic heterocycles. The molecule has 2 aromatic carbocycles. The van der Waals surface area contributed by atoms with E-state index in [2.05, 4.69) is 0 Å². The molecule has 0 saturated carbocycles. The van der Waals surface area contributed by atoms with Gasteiger partial charge < -0.3 is 15.4 Å². The minimum absolute atomic E-state index is 0.0314. The van der Waals surface area contributed by atoms with Crippen molar-refractivity contribution in [3.8, 4) is 5.75 Å². The summed E-state index contributed by atoms with van der Waals surface area (Å²) in [5.74, 6) is 0.446. The lowest BCUT2D eigenvalue weighted by molar-refractivity contribution is -0.120. The van der Waals surface area contributed by atoms with E-state index < -0.39 is 0 Å². The Morgan fingerprint density at radius 3 is 2.48 bits per heavy atom. The average Bonchev–Trinajstić information content (AvgIpc) is 2.49. The third-order valence-electron chi connectivity index (χ3n) is 3.29. The molecule has 2 aromatic rings. The van der Waals surface area contributed by atoms with Crippen molar-refractivity contribution in [2.75, 3.05) is 23.8 Å². The monoisotopic (exact) mass is 284 g/mol. The predicted octanol–water partition coefficient (Wildman–Crippen LogP) is 3.01. The quantitative estimate of drug-likeness (QED) is 0.859. The molecule has 4 nitrogen and oxygen atoms in total. The molecule has 2 N–H and O–H groups in total. The van der Waals surface area contributed by atoms with Gasteiger partial charge in [-0.15, -0.1) is 0 Å². The molecular formula is C17H20N2O2. The van der Waals surface area contributed by atoms with E-state index in [1.54, 1.807) is 17.0 Å². The fourth-order valence-electron chi connectivity index (χ4n) is 2.18. The van der Waals surface area contributed by atoms with Crippen LogP contribution < -0.4 is 15.4 Å². The molecule has 21 heavy (non-hydrogen) atoms. The Balaban J connectivity index is 2.08. The lowest BCUT2D eigenvalue weighted by Gasteiger charge is -2.23. The van der Waals surface area contributed by atoms with Crippen molar-refractivity contribution >= 4 is 17.3 Å². The Hall–Kier alpha value is -2.49. The molecule has 0 saturated heterocycles. The van der Waals surface area contributed by atoms with Gasteiger partial charge in [-0.2, -0.15) is 0 Å². The zero-order valence-electron chi connectivity index (χ0n) is 12.4. The first-order chi connectivity index (χ1) is 10.1. The summed E-state index contributed by atoms with van der Waals surface area (Å²) >= 11 is 0. The summed E-state index contributed by atoms with van der Waals surface area (Å²) in [4.78, 5) is 14.1. The van der Waals surface area contributed by atoms with Crippen LogP contribution in [0.1, 0.15) is 12.5 Å². The number of benzene rings is 2. The fourth-order valence-corrected chi connectivity index (χ4v) is 2.18. The molecule has 0 unspecified atom stereocenters. The Morgan fingerprint density at radius 1 is 1.14 bits per heavy atom. The van der Waals surface area contributed by atoms with Crippen LogP contribution in [-0.2, 0) is 4.79 Å². The van der Waals surface area contributed by atoms with E-state index in [0.717, 1.165) is 11.3 Å². The normalized spacial score (nSPS) is 10.2. The smallest absolute Gasteiger partial charge is 0.264 e. The number of hydrogen-bond acceptors (Lipinski definition) is 3. The first kappa shape index (κ1) is 14.9. The molecule has 1 amide bonds. The Morgan fingerprint density at radius 2 is 1.81 bits per heavy atom. The number of ether oxygens (including phenoxy) is 1. The first-order valence-corrected chi connectivity index (χ1v) is 6.96. The zero-order chi connectivity index (χ0) is 15.2. The lowest BCUT2D eigenvalue weighted by Crippen LogP contribution is -2.35. The molecule has 0 heterocycles. The maximum absolute atomic E-state index is 12.4. The van der Waals surface area contributed by atoms with Crippen molar-refractivity contribution in [3.05, 3.63) is 54.1 Å². The Labute approximate surface area is 125 Å². The molecule has 0 bridgehead atoms. The molecule has 110 valence electrons. The second-order valence-electron chi connectivity index (χ2n) is 4.75. The molecule has 2 rings (SSSR count). The number of hydrogen-bond donors (Lipinski definition) is 1. The van der Waals surface area contributed by atoms with Crippen LogP contribution in [0.5, 0.6) is 5.75 Å². The molecule has 4 heteroatoms. The summed E-state index contributed by atoms with van der Waals surface area (Å²) in [6, 6.07) is 15.0. The second-order valence-corrected chi connectivity index (χ2v) is 4.75. The van der Waals surface area contributed by atoms with Crippen LogP contribution in [0.15, 0.2) is 48.5 Å². The van der Waals surface area contributed by atoms with Crippen LogP contribution in [-0.4, -0.2) is 19.1 Å². The van der Waals surface area contributed by atoms with E-state index in [1.165, 1.54) is 0 Å². The topological polar surface area (TPSA) is 55.6 Å². The van der Waals surface area contributed by atoms with Gasteiger partial charge in [-0.25, -0.2) is 0 Å². The van der Waals surface area contributed by atoms with Crippen molar-refractivity contribution in [3.63, 3.8) is 0 Å². The van der Waals surface area contributed by atoms with E-state index >= 15 is 0 Å². The number of nitrogens with zero attached hydrogens (tertiary/aromatic N) is 1. The third-order valence-corrected chi connectivity index (χ3v) is 3.29. The standard InChI is InChI=1S/C17H20N2O2/c1-3-19(15-10-6-4-8-13(15)2)17(20)12-21-16-11-7-5-9-14(16)18/h4-11H,3,12,18H2,1-2H3. The van der Waals surface area contributed by atoms with Gasteiger partial charge >= 0.3 is 0 Å². The molecule has 0 radical (unpaired) electrons. The molecule has 0 aliphatic heterocycles. The largest absolute Gasteiger partial charge is 0.482 e. The zero-order valence-corrected chi connectivity index (χ0v) is 12.4. The summed E-state index contributed by atoms with van der Waals surface area (Å²) in [5, 5.41) is 0. The maximum atomic E-state index is 12.4. The van der Waals surface area contributed by atoms with Gasteiger partial charge in [-0.3, -0.25) is 4.79 Å². The number of rotatable bonds is 5. The van der Waals surface area contributed by atoms with E-state index in [0.29, 0.717) is 18.0 Å². The molecular weight excluding hydrogens is 264 g/mol. The summed E-state index contributed by atoms with van der Waals surface area (Å²) < 4.78 is 5.53. The number of carbonyl (C=O) groups is 1. The van der Waals surface area contributed by atoms with Gasteiger partial charge in [0.25, 0.3) is 5.91 Å².